The van der Waals surface area contributed by atoms with Crippen molar-refractivity contribution in [3.05, 3.63) is 90.0 Å². The molecule has 0 radical (unpaired) electrons. The molecule has 0 fully saturated rings. The zero-order valence-corrected chi connectivity index (χ0v) is 16.7. The Labute approximate surface area is 175 Å². The van der Waals surface area contributed by atoms with Gasteiger partial charge >= 0.3 is 0 Å². The number of hydrogen-bond donors (Lipinski definition) is 3. The van der Waals surface area contributed by atoms with Gasteiger partial charge in [-0.3, -0.25) is 14.8 Å². The molecule has 0 aliphatic rings. The Kier molecular flexibility index (Phi) is 7.19. The van der Waals surface area contributed by atoms with Gasteiger partial charge in [-0.05, 0) is 53.9 Å². The summed E-state index contributed by atoms with van der Waals surface area (Å²) in [6.07, 6.45) is 0.707. The quantitative estimate of drug-likeness (QED) is 0.390. The van der Waals surface area contributed by atoms with Crippen molar-refractivity contribution >= 4 is 11.8 Å². The zero-order chi connectivity index (χ0) is 21.3. The van der Waals surface area contributed by atoms with Crippen molar-refractivity contribution in [3.63, 3.8) is 0 Å². The molecule has 3 aromatic carbocycles. The van der Waals surface area contributed by atoms with Crippen LogP contribution in [0.3, 0.4) is 0 Å². The van der Waals surface area contributed by atoms with Crippen LogP contribution in [-0.4, -0.2) is 29.7 Å². The average molecular weight is 404 g/mol. The molecule has 2 amide bonds. The van der Waals surface area contributed by atoms with E-state index in [4.69, 9.17) is 9.94 Å². The van der Waals surface area contributed by atoms with Gasteiger partial charge in [0.05, 0.1) is 6.04 Å². The predicted molar refractivity (Wildman–Crippen MR) is 115 cm³/mol. The Bertz CT molecular complexity index is 970. The van der Waals surface area contributed by atoms with E-state index in [1.165, 1.54) is 0 Å². The highest BCUT2D eigenvalue weighted by Gasteiger charge is 2.13. The van der Waals surface area contributed by atoms with Crippen LogP contribution in [0.1, 0.15) is 34.1 Å². The van der Waals surface area contributed by atoms with Crippen molar-refractivity contribution in [1.29, 1.82) is 0 Å². The summed E-state index contributed by atoms with van der Waals surface area (Å²) in [5.74, 6) is -0.164. The number of carbonyl (C=O) groups is 2. The lowest BCUT2D eigenvalue weighted by Crippen LogP contribution is -2.38. The van der Waals surface area contributed by atoms with Crippen molar-refractivity contribution in [2.45, 2.75) is 19.4 Å². The molecule has 3 rings (SSSR count). The second-order valence-electron chi connectivity index (χ2n) is 6.80. The van der Waals surface area contributed by atoms with Crippen LogP contribution >= 0.6 is 0 Å². The largest absolute Gasteiger partial charge is 0.491 e. The second-order valence-corrected chi connectivity index (χ2v) is 6.80. The molecule has 0 spiro atoms. The van der Waals surface area contributed by atoms with E-state index in [0.717, 1.165) is 11.1 Å². The SMILES string of the molecule is CC[C@@H](COc1ccc(C(=O)NO)cc1)NC(=O)c1ccc(-c2ccccc2)cc1. The highest BCUT2D eigenvalue weighted by atomic mass is 16.5. The van der Waals surface area contributed by atoms with Crippen molar-refractivity contribution in [2.24, 2.45) is 0 Å². The minimum atomic E-state index is -0.585. The molecule has 3 N–H and O–H groups in total. The Hall–Kier alpha value is -3.64. The first-order valence-corrected chi connectivity index (χ1v) is 9.74. The van der Waals surface area contributed by atoms with Crippen LogP contribution in [0.15, 0.2) is 78.9 Å². The summed E-state index contributed by atoms with van der Waals surface area (Å²) in [5, 5.41) is 11.6. The normalized spacial score (nSPS) is 11.4. The molecule has 154 valence electrons. The number of hydrogen-bond acceptors (Lipinski definition) is 4. The first kappa shape index (κ1) is 21.1. The van der Waals surface area contributed by atoms with Gasteiger partial charge in [-0.15, -0.1) is 0 Å². The summed E-state index contributed by atoms with van der Waals surface area (Å²) < 4.78 is 5.73. The molecule has 0 heterocycles. The first-order chi connectivity index (χ1) is 14.6. The Morgan fingerprint density at radius 1 is 0.833 bits per heavy atom. The van der Waals surface area contributed by atoms with Crippen molar-refractivity contribution < 1.29 is 19.5 Å². The molecule has 30 heavy (non-hydrogen) atoms. The Morgan fingerprint density at radius 2 is 1.40 bits per heavy atom. The lowest BCUT2D eigenvalue weighted by Gasteiger charge is -2.18. The lowest BCUT2D eigenvalue weighted by atomic mass is 10.0. The summed E-state index contributed by atoms with van der Waals surface area (Å²) in [4.78, 5) is 23.9. The number of ether oxygens (including phenoxy) is 1. The van der Waals surface area contributed by atoms with E-state index < -0.39 is 5.91 Å². The van der Waals surface area contributed by atoms with E-state index in [1.807, 2.05) is 61.5 Å². The third-order valence-electron chi connectivity index (χ3n) is 4.75. The summed E-state index contributed by atoms with van der Waals surface area (Å²) >= 11 is 0. The molecule has 6 nitrogen and oxygen atoms in total. The molecule has 6 heteroatoms. The van der Waals surface area contributed by atoms with Gasteiger partial charge in [0.25, 0.3) is 11.8 Å². The van der Waals surface area contributed by atoms with Gasteiger partial charge in [0, 0.05) is 11.1 Å². The van der Waals surface area contributed by atoms with E-state index in [0.29, 0.717) is 29.9 Å². The first-order valence-electron chi connectivity index (χ1n) is 9.74. The summed E-state index contributed by atoms with van der Waals surface area (Å²) in [6.45, 7) is 2.28. The minimum Gasteiger partial charge on any atom is -0.491 e. The third kappa shape index (κ3) is 5.46. The fourth-order valence-corrected chi connectivity index (χ4v) is 2.94. The van der Waals surface area contributed by atoms with E-state index in [9.17, 15) is 9.59 Å². The number of amides is 2. The van der Waals surface area contributed by atoms with Gasteiger partial charge in [0.15, 0.2) is 0 Å². The molecule has 0 aromatic heterocycles. The maximum absolute atomic E-state index is 12.6. The summed E-state index contributed by atoms with van der Waals surface area (Å²) in [7, 11) is 0. The number of benzene rings is 3. The number of carbonyl (C=O) groups excluding carboxylic acids is 2. The van der Waals surface area contributed by atoms with Crippen molar-refractivity contribution in [3.8, 4) is 16.9 Å². The third-order valence-corrected chi connectivity index (χ3v) is 4.75. The Balaban J connectivity index is 1.56. The van der Waals surface area contributed by atoms with Crippen molar-refractivity contribution in [2.75, 3.05) is 6.61 Å². The summed E-state index contributed by atoms with van der Waals surface area (Å²) in [5.41, 5.74) is 4.66. The van der Waals surface area contributed by atoms with Gasteiger partial charge < -0.3 is 10.1 Å². The van der Waals surface area contributed by atoms with E-state index in [1.54, 1.807) is 29.7 Å². The standard InChI is InChI=1S/C24H24N2O4/c1-2-21(16-30-22-14-12-20(13-15-22)24(28)26-29)25-23(27)19-10-8-18(9-11-19)17-6-4-3-5-7-17/h3-15,21,29H,2,16H2,1H3,(H,25,27)(H,26,28)/t21-/m0/s1. The predicted octanol–water partition coefficient (Wildman–Crippen LogP) is 4.06. The van der Waals surface area contributed by atoms with Gasteiger partial charge in [-0.25, -0.2) is 5.48 Å². The number of rotatable bonds is 8. The van der Waals surface area contributed by atoms with Gasteiger partial charge in [-0.2, -0.15) is 0 Å². The average Bonchev–Trinajstić information content (AvgIpc) is 2.82. The van der Waals surface area contributed by atoms with Crippen LogP contribution in [0, 0.1) is 0 Å². The van der Waals surface area contributed by atoms with Crippen LogP contribution < -0.4 is 15.5 Å². The maximum Gasteiger partial charge on any atom is 0.274 e. The molecule has 0 saturated carbocycles. The number of hydroxylamine groups is 1. The smallest absolute Gasteiger partial charge is 0.274 e. The molecule has 0 unspecified atom stereocenters. The zero-order valence-electron chi connectivity index (χ0n) is 16.7. The molecular weight excluding hydrogens is 380 g/mol. The van der Waals surface area contributed by atoms with Crippen LogP contribution in [0.25, 0.3) is 11.1 Å². The maximum atomic E-state index is 12.6. The molecule has 1 atom stereocenters. The van der Waals surface area contributed by atoms with Crippen LogP contribution in [0.5, 0.6) is 5.75 Å². The molecule has 0 aliphatic carbocycles. The van der Waals surface area contributed by atoms with Crippen molar-refractivity contribution in [1.82, 2.24) is 10.8 Å². The van der Waals surface area contributed by atoms with Crippen LogP contribution in [0.2, 0.25) is 0 Å². The van der Waals surface area contributed by atoms with Gasteiger partial charge in [0.2, 0.25) is 0 Å². The lowest BCUT2D eigenvalue weighted by molar-refractivity contribution is 0.0706. The molecule has 3 aromatic rings. The van der Waals surface area contributed by atoms with Crippen LogP contribution in [0.4, 0.5) is 0 Å². The molecule has 0 bridgehead atoms. The van der Waals surface area contributed by atoms with E-state index in [2.05, 4.69) is 5.32 Å². The Morgan fingerprint density at radius 3 is 2.00 bits per heavy atom. The van der Waals surface area contributed by atoms with Crippen LogP contribution in [-0.2, 0) is 0 Å². The van der Waals surface area contributed by atoms with E-state index >= 15 is 0 Å². The highest BCUT2D eigenvalue weighted by Crippen LogP contribution is 2.19. The fraction of sp³-hybridized carbons (Fsp3) is 0.167. The number of nitrogens with one attached hydrogen (secondary N) is 2. The molecule has 0 aliphatic heterocycles. The molecule has 0 saturated heterocycles. The summed E-state index contributed by atoms with van der Waals surface area (Å²) in [6, 6.07) is 23.7. The van der Waals surface area contributed by atoms with E-state index in [-0.39, 0.29) is 11.9 Å². The minimum absolute atomic E-state index is 0.153. The highest BCUT2D eigenvalue weighted by molar-refractivity contribution is 5.95. The molecular formula is C24H24N2O4. The van der Waals surface area contributed by atoms with Gasteiger partial charge in [-0.1, -0.05) is 49.4 Å². The second kappa shape index (κ2) is 10.2. The monoisotopic (exact) mass is 404 g/mol. The topological polar surface area (TPSA) is 87.7 Å². The fourth-order valence-electron chi connectivity index (χ4n) is 2.94. The van der Waals surface area contributed by atoms with Gasteiger partial charge in [0.1, 0.15) is 12.4 Å².